The zero-order chi connectivity index (χ0) is 21.9. The molecule has 32 heavy (non-hydrogen) atoms. The van der Waals surface area contributed by atoms with Gasteiger partial charge in [-0.05, 0) is 59.2 Å². The van der Waals surface area contributed by atoms with Gasteiger partial charge in [-0.15, -0.1) is 0 Å². The second-order valence-corrected chi connectivity index (χ2v) is 8.60. The van der Waals surface area contributed by atoms with E-state index in [9.17, 15) is 4.79 Å². The van der Waals surface area contributed by atoms with Crippen molar-refractivity contribution in [3.8, 4) is 11.1 Å². The van der Waals surface area contributed by atoms with Crippen molar-refractivity contribution in [1.29, 1.82) is 0 Å². The highest BCUT2D eigenvalue weighted by Gasteiger charge is 2.31. The minimum absolute atomic E-state index is 0.102. The number of hydrogen-bond acceptors (Lipinski definition) is 1. The quantitative estimate of drug-likeness (QED) is 0.364. The van der Waals surface area contributed by atoms with Crippen molar-refractivity contribution in [1.82, 2.24) is 4.90 Å². The molecular weight excluding hydrogens is 390 g/mol. The summed E-state index contributed by atoms with van der Waals surface area (Å²) in [4.78, 5) is 16.2. The molecule has 1 aliphatic carbocycles. The summed E-state index contributed by atoms with van der Waals surface area (Å²) in [6, 6.07) is 35.3. The van der Waals surface area contributed by atoms with Gasteiger partial charge in [0.15, 0.2) is 0 Å². The number of carbonyl (C=O) groups excluding carboxylic acids is 1. The number of amides is 1. The van der Waals surface area contributed by atoms with Crippen molar-refractivity contribution in [2.24, 2.45) is 0 Å². The van der Waals surface area contributed by atoms with Gasteiger partial charge in [-0.3, -0.25) is 4.79 Å². The van der Waals surface area contributed by atoms with E-state index >= 15 is 0 Å². The van der Waals surface area contributed by atoms with Crippen LogP contribution in [0.5, 0.6) is 0 Å². The molecule has 0 aromatic heterocycles. The second kappa shape index (κ2) is 8.84. The molecule has 0 fully saturated rings. The van der Waals surface area contributed by atoms with Gasteiger partial charge in [-0.1, -0.05) is 97.1 Å². The third kappa shape index (κ3) is 3.97. The maximum atomic E-state index is 14.1. The van der Waals surface area contributed by atoms with Crippen molar-refractivity contribution in [2.75, 3.05) is 0 Å². The number of rotatable bonds is 5. The lowest BCUT2D eigenvalue weighted by atomic mass is 9.97. The Labute approximate surface area is 190 Å². The van der Waals surface area contributed by atoms with E-state index in [4.69, 9.17) is 0 Å². The Morgan fingerprint density at radius 3 is 2.06 bits per heavy atom. The minimum Gasteiger partial charge on any atom is -0.331 e. The lowest BCUT2D eigenvalue weighted by Crippen LogP contribution is -2.40. The molecule has 158 valence electrons. The smallest absolute Gasteiger partial charge is 0.255 e. The topological polar surface area (TPSA) is 20.3 Å². The van der Waals surface area contributed by atoms with Gasteiger partial charge in [-0.2, -0.15) is 0 Å². The molecule has 2 nitrogen and oxygen atoms in total. The van der Waals surface area contributed by atoms with Crippen LogP contribution < -0.4 is 0 Å². The molecule has 1 amide bonds. The van der Waals surface area contributed by atoms with Gasteiger partial charge >= 0.3 is 0 Å². The Kier molecular flexibility index (Phi) is 5.60. The summed E-state index contributed by atoms with van der Waals surface area (Å²) < 4.78 is 0. The van der Waals surface area contributed by atoms with Crippen LogP contribution >= 0.6 is 0 Å². The molecule has 0 bridgehead atoms. The molecule has 5 rings (SSSR count). The van der Waals surface area contributed by atoms with Crippen LogP contribution in [0.1, 0.15) is 32.6 Å². The molecule has 0 saturated carbocycles. The predicted octanol–water partition coefficient (Wildman–Crippen LogP) is 6.47. The highest BCUT2D eigenvalue weighted by molar-refractivity contribution is 6.01. The van der Waals surface area contributed by atoms with E-state index in [1.54, 1.807) is 0 Å². The lowest BCUT2D eigenvalue weighted by molar-refractivity contribution is 0.0668. The molecule has 0 aliphatic heterocycles. The third-order valence-corrected chi connectivity index (χ3v) is 6.58. The van der Waals surface area contributed by atoms with Crippen molar-refractivity contribution >= 4 is 5.91 Å². The fourth-order valence-corrected chi connectivity index (χ4v) is 4.79. The Balaban J connectivity index is 1.54. The summed E-state index contributed by atoms with van der Waals surface area (Å²) >= 11 is 0. The van der Waals surface area contributed by atoms with Gasteiger partial charge in [0.2, 0.25) is 0 Å². The second-order valence-electron chi connectivity index (χ2n) is 8.60. The van der Waals surface area contributed by atoms with Crippen LogP contribution in [-0.2, 0) is 19.4 Å². The number of fused-ring (bicyclic) bond motifs is 1. The van der Waals surface area contributed by atoms with E-state index in [0.717, 1.165) is 29.5 Å². The van der Waals surface area contributed by atoms with E-state index in [2.05, 4.69) is 78.6 Å². The van der Waals surface area contributed by atoms with Crippen LogP contribution in [0.15, 0.2) is 103 Å². The first kappa shape index (κ1) is 20.3. The largest absolute Gasteiger partial charge is 0.331 e. The lowest BCUT2D eigenvalue weighted by Gasteiger charge is -2.30. The summed E-state index contributed by atoms with van der Waals surface area (Å²) in [5.41, 5.74) is 7.97. The highest BCUT2D eigenvalue weighted by Crippen LogP contribution is 2.31. The molecule has 0 N–H and O–H groups in total. The summed E-state index contributed by atoms with van der Waals surface area (Å²) in [5.74, 6) is 0.102. The molecule has 2 heteroatoms. The number of carbonyl (C=O) groups is 1. The van der Waals surface area contributed by atoms with Crippen LogP contribution in [-0.4, -0.2) is 16.8 Å². The molecule has 0 spiro atoms. The van der Waals surface area contributed by atoms with Crippen molar-refractivity contribution in [3.05, 3.63) is 131 Å². The fourth-order valence-electron chi connectivity index (χ4n) is 4.79. The molecule has 0 saturated heterocycles. The molecule has 0 atom stereocenters. The predicted molar refractivity (Wildman–Crippen MR) is 131 cm³/mol. The molecule has 1 aliphatic rings. The molecule has 4 aromatic rings. The average molecular weight is 418 g/mol. The standard InChI is InChI=1S/C30H27NO/c1-22-11-5-6-16-26(22)21-31(27-19-24-14-7-8-15-25(24)20-27)30(32)29-18-10-9-17-28(29)23-12-3-2-4-13-23/h2-18,27H,19-21H2,1H3. The zero-order valence-corrected chi connectivity index (χ0v) is 18.4. The number of hydrogen-bond donors (Lipinski definition) is 0. The Morgan fingerprint density at radius 2 is 1.34 bits per heavy atom. The van der Waals surface area contributed by atoms with Gasteiger partial charge in [0.05, 0.1) is 0 Å². The third-order valence-electron chi connectivity index (χ3n) is 6.58. The maximum absolute atomic E-state index is 14.1. The van der Waals surface area contributed by atoms with Gasteiger partial charge in [0, 0.05) is 18.2 Å². The first-order valence-corrected chi connectivity index (χ1v) is 11.3. The van der Waals surface area contributed by atoms with Crippen LogP contribution in [0.3, 0.4) is 0 Å². The summed E-state index contributed by atoms with van der Waals surface area (Å²) in [5, 5.41) is 0. The summed E-state index contributed by atoms with van der Waals surface area (Å²) in [7, 11) is 0. The van der Waals surface area contributed by atoms with Gasteiger partial charge in [0.25, 0.3) is 5.91 Å². The number of benzene rings is 4. The monoisotopic (exact) mass is 417 g/mol. The molecule has 0 radical (unpaired) electrons. The van der Waals surface area contributed by atoms with Crippen LogP contribution in [0, 0.1) is 6.92 Å². The highest BCUT2D eigenvalue weighted by atomic mass is 16.2. The van der Waals surface area contributed by atoms with E-state index in [1.165, 1.54) is 22.3 Å². The maximum Gasteiger partial charge on any atom is 0.255 e. The fraction of sp³-hybridized carbons (Fsp3) is 0.167. The van der Waals surface area contributed by atoms with E-state index in [-0.39, 0.29) is 11.9 Å². The summed E-state index contributed by atoms with van der Waals surface area (Å²) in [6.07, 6.45) is 1.81. The van der Waals surface area contributed by atoms with Crippen LogP contribution in [0.2, 0.25) is 0 Å². The van der Waals surface area contributed by atoms with Gasteiger partial charge in [-0.25, -0.2) is 0 Å². The van der Waals surface area contributed by atoms with Crippen molar-refractivity contribution < 1.29 is 4.79 Å². The van der Waals surface area contributed by atoms with E-state index in [0.29, 0.717) is 6.54 Å². The van der Waals surface area contributed by atoms with Gasteiger partial charge in [0.1, 0.15) is 0 Å². The minimum atomic E-state index is 0.102. The Bertz CT molecular complexity index is 1220. The SMILES string of the molecule is Cc1ccccc1CN(C(=O)c1ccccc1-c1ccccc1)C1Cc2ccccc2C1. The van der Waals surface area contributed by atoms with Crippen LogP contribution in [0.4, 0.5) is 0 Å². The van der Waals surface area contributed by atoms with Gasteiger partial charge < -0.3 is 4.90 Å². The normalized spacial score (nSPS) is 13.0. The summed E-state index contributed by atoms with van der Waals surface area (Å²) in [6.45, 7) is 2.74. The first-order valence-electron chi connectivity index (χ1n) is 11.3. The Hall–Kier alpha value is -3.65. The zero-order valence-electron chi connectivity index (χ0n) is 18.4. The molecule has 0 unspecified atom stereocenters. The molecular formula is C30H27NO. The van der Waals surface area contributed by atoms with Crippen molar-refractivity contribution in [3.63, 3.8) is 0 Å². The Morgan fingerprint density at radius 1 is 0.750 bits per heavy atom. The molecule has 0 heterocycles. The van der Waals surface area contributed by atoms with Crippen LogP contribution in [0.25, 0.3) is 11.1 Å². The number of aryl methyl sites for hydroxylation is 1. The number of nitrogens with zero attached hydrogens (tertiary/aromatic N) is 1. The molecule has 4 aromatic carbocycles. The van der Waals surface area contributed by atoms with Crippen molar-refractivity contribution in [2.45, 2.75) is 32.4 Å². The average Bonchev–Trinajstić information content (AvgIpc) is 3.28. The first-order chi connectivity index (χ1) is 15.7. The van der Waals surface area contributed by atoms with E-state index in [1.807, 2.05) is 36.4 Å². The van der Waals surface area contributed by atoms with E-state index < -0.39 is 0 Å².